The summed E-state index contributed by atoms with van der Waals surface area (Å²) in [6.07, 6.45) is 0. The van der Waals surface area contributed by atoms with E-state index in [4.69, 9.17) is 9.47 Å². The van der Waals surface area contributed by atoms with Crippen LogP contribution < -0.4 is 9.47 Å². The quantitative estimate of drug-likeness (QED) is 0.492. The largest absolute Gasteiger partial charge is 0.496 e. The van der Waals surface area contributed by atoms with Crippen LogP contribution in [0.3, 0.4) is 0 Å². The van der Waals surface area contributed by atoms with Gasteiger partial charge < -0.3 is 19.7 Å². The number of methoxy groups -OCH3 is 2. The van der Waals surface area contributed by atoms with Gasteiger partial charge in [-0.3, -0.25) is 0 Å². The Morgan fingerprint density at radius 1 is 0.594 bits per heavy atom. The van der Waals surface area contributed by atoms with E-state index in [-0.39, 0.29) is 11.1 Å². The second-order valence-corrected chi connectivity index (χ2v) is 7.82. The molecule has 0 amide bonds. The molecule has 2 atom stereocenters. The fourth-order valence-corrected chi connectivity index (χ4v) is 4.89. The van der Waals surface area contributed by atoms with E-state index >= 15 is 0 Å². The van der Waals surface area contributed by atoms with Gasteiger partial charge in [0.05, 0.1) is 14.2 Å². The van der Waals surface area contributed by atoms with Gasteiger partial charge in [-0.1, -0.05) is 36.4 Å². The molecule has 1 aliphatic rings. The van der Waals surface area contributed by atoms with E-state index in [1.165, 1.54) is 62.8 Å². The first-order valence-corrected chi connectivity index (χ1v) is 10.0. The van der Waals surface area contributed by atoms with Crippen LogP contribution in [0, 0.1) is 11.6 Å². The van der Waals surface area contributed by atoms with Crippen molar-refractivity contribution in [2.24, 2.45) is 0 Å². The molecule has 162 valence electrons. The lowest BCUT2D eigenvalue weighted by atomic mass is 9.71. The van der Waals surface area contributed by atoms with Gasteiger partial charge in [0.25, 0.3) is 0 Å². The maximum Gasteiger partial charge on any atom is 0.156 e. The van der Waals surface area contributed by atoms with Gasteiger partial charge in [0.2, 0.25) is 0 Å². The zero-order chi connectivity index (χ0) is 22.7. The topological polar surface area (TPSA) is 58.9 Å². The lowest BCUT2D eigenvalue weighted by Gasteiger charge is -2.41. The van der Waals surface area contributed by atoms with Crippen molar-refractivity contribution < 1.29 is 28.5 Å². The monoisotopic (exact) mass is 434 g/mol. The summed E-state index contributed by atoms with van der Waals surface area (Å²) in [4.78, 5) is 0. The molecule has 0 fully saturated rings. The first kappa shape index (κ1) is 20.4. The number of ether oxygens (including phenoxy) is 2. The van der Waals surface area contributed by atoms with E-state index in [0.29, 0.717) is 28.0 Å². The first-order valence-electron chi connectivity index (χ1n) is 10.0. The van der Waals surface area contributed by atoms with Crippen molar-refractivity contribution in [1.29, 1.82) is 0 Å². The minimum atomic E-state index is -2.10. The molecule has 0 saturated carbocycles. The molecule has 32 heavy (non-hydrogen) atoms. The third kappa shape index (κ3) is 2.48. The molecule has 0 heterocycles. The second-order valence-electron chi connectivity index (χ2n) is 7.82. The molecule has 6 heteroatoms. The Kier molecular flexibility index (Phi) is 4.48. The summed E-state index contributed by atoms with van der Waals surface area (Å²) in [5.41, 5.74) is -3.06. The average molecular weight is 434 g/mol. The van der Waals surface area contributed by atoms with Crippen molar-refractivity contribution in [2.45, 2.75) is 11.2 Å². The van der Waals surface area contributed by atoms with E-state index in [0.717, 1.165) is 5.39 Å². The molecular formula is C26H20F2O4. The highest BCUT2D eigenvalue weighted by atomic mass is 19.1. The summed E-state index contributed by atoms with van der Waals surface area (Å²) in [6.45, 7) is 0. The lowest BCUT2D eigenvalue weighted by Crippen LogP contribution is -2.48. The molecule has 2 N–H and O–H groups in total. The van der Waals surface area contributed by atoms with E-state index in [2.05, 4.69) is 0 Å². The van der Waals surface area contributed by atoms with Crippen molar-refractivity contribution in [1.82, 2.24) is 0 Å². The van der Waals surface area contributed by atoms with E-state index < -0.39 is 22.8 Å². The Balaban J connectivity index is 1.99. The van der Waals surface area contributed by atoms with Crippen molar-refractivity contribution in [2.75, 3.05) is 14.2 Å². The van der Waals surface area contributed by atoms with Gasteiger partial charge in [-0.2, -0.15) is 0 Å². The molecule has 2 unspecified atom stereocenters. The molecule has 4 aromatic carbocycles. The third-order valence-electron chi connectivity index (χ3n) is 6.32. The van der Waals surface area contributed by atoms with Gasteiger partial charge in [-0.25, -0.2) is 8.78 Å². The van der Waals surface area contributed by atoms with Crippen LogP contribution in [-0.4, -0.2) is 24.4 Å². The van der Waals surface area contributed by atoms with Crippen molar-refractivity contribution in [3.63, 3.8) is 0 Å². The van der Waals surface area contributed by atoms with Crippen LogP contribution in [0.25, 0.3) is 10.8 Å². The average Bonchev–Trinajstić information content (AvgIpc) is 3.03. The Morgan fingerprint density at radius 3 is 1.31 bits per heavy atom. The maximum absolute atomic E-state index is 13.8. The molecule has 0 aliphatic heterocycles. The van der Waals surface area contributed by atoms with E-state index in [1.807, 2.05) is 12.1 Å². The molecule has 0 radical (unpaired) electrons. The van der Waals surface area contributed by atoms with Crippen LogP contribution in [-0.2, 0) is 11.2 Å². The standard InChI is InChI=1S/C26H20F2O4/c1-31-20-13-3-15-4-14-21(32-2)24-22(15)23(20)25(29,16-5-9-18(27)10-6-16)26(24,30)17-7-11-19(28)12-8-17/h3-14,29-30H,1-2H3. The summed E-state index contributed by atoms with van der Waals surface area (Å²) >= 11 is 0. The Bertz CT molecular complexity index is 1230. The van der Waals surface area contributed by atoms with Crippen molar-refractivity contribution in [3.05, 3.63) is 107 Å². The zero-order valence-corrected chi connectivity index (χ0v) is 17.4. The fourth-order valence-electron chi connectivity index (χ4n) is 4.89. The predicted octanol–water partition coefficient (Wildman–Crippen LogP) is 4.62. The van der Waals surface area contributed by atoms with Crippen molar-refractivity contribution >= 4 is 10.8 Å². The normalized spacial score (nSPS) is 21.7. The number of hydrogen-bond donors (Lipinski definition) is 2. The number of halogens is 2. The number of hydrogen-bond acceptors (Lipinski definition) is 4. The summed E-state index contributed by atoms with van der Waals surface area (Å²) < 4.78 is 38.8. The molecule has 1 aliphatic carbocycles. The van der Waals surface area contributed by atoms with Gasteiger partial charge in [0.15, 0.2) is 11.2 Å². The predicted molar refractivity (Wildman–Crippen MR) is 116 cm³/mol. The zero-order valence-electron chi connectivity index (χ0n) is 17.4. The Morgan fingerprint density at radius 2 is 0.969 bits per heavy atom. The van der Waals surface area contributed by atoms with Gasteiger partial charge >= 0.3 is 0 Å². The third-order valence-corrected chi connectivity index (χ3v) is 6.32. The van der Waals surface area contributed by atoms with Gasteiger partial charge in [-0.15, -0.1) is 0 Å². The maximum atomic E-state index is 13.8. The molecule has 4 nitrogen and oxygen atoms in total. The van der Waals surface area contributed by atoms with Gasteiger partial charge in [0, 0.05) is 16.5 Å². The SMILES string of the molecule is COc1ccc2ccc(OC)c3c2c1C(O)(c1ccc(F)cc1)C3(O)c1ccc(F)cc1. The summed E-state index contributed by atoms with van der Waals surface area (Å²) in [5, 5.41) is 26.2. The van der Waals surface area contributed by atoms with Crippen LogP contribution in [0.5, 0.6) is 11.5 Å². The fraction of sp³-hybridized carbons (Fsp3) is 0.154. The molecule has 0 aromatic heterocycles. The molecule has 4 aromatic rings. The van der Waals surface area contributed by atoms with Crippen LogP contribution >= 0.6 is 0 Å². The molecule has 0 spiro atoms. The Hall–Kier alpha value is -3.48. The lowest BCUT2D eigenvalue weighted by molar-refractivity contribution is -0.106. The van der Waals surface area contributed by atoms with Gasteiger partial charge in [0.1, 0.15) is 23.1 Å². The minimum absolute atomic E-state index is 0.245. The molecule has 0 saturated heterocycles. The molecular weight excluding hydrogens is 414 g/mol. The first-order chi connectivity index (χ1) is 15.4. The van der Waals surface area contributed by atoms with Crippen LogP contribution in [0.1, 0.15) is 22.3 Å². The number of aliphatic hydroxyl groups is 2. The van der Waals surface area contributed by atoms with Gasteiger partial charge in [-0.05, 0) is 52.9 Å². The van der Waals surface area contributed by atoms with Crippen molar-refractivity contribution in [3.8, 4) is 11.5 Å². The minimum Gasteiger partial charge on any atom is -0.496 e. The van der Waals surface area contributed by atoms with E-state index in [1.54, 1.807) is 12.1 Å². The number of benzene rings is 4. The molecule has 0 bridgehead atoms. The van der Waals surface area contributed by atoms with Crippen LogP contribution in [0.2, 0.25) is 0 Å². The van der Waals surface area contributed by atoms with E-state index in [9.17, 15) is 19.0 Å². The summed E-state index contributed by atoms with van der Waals surface area (Å²) in [5.74, 6) is -0.282. The second kappa shape index (κ2) is 7.02. The highest BCUT2D eigenvalue weighted by Gasteiger charge is 2.62. The smallest absolute Gasteiger partial charge is 0.156 e. The summed E-state index contributed by atoms with van der Waals surface area (Å²) in [6, 6.07) is 17.6. The number of rotatable bonds is 4. The molecule has 5 rings (SSSR count). The Labute approximate surface area is 183 Å². The summed E-state index contributed by atoms with van der Waals surface area (Å²) in [7, 11) is 2.94. The van der Waals surface area contributed by atoms with Crippen LogP contribution in [0.4, 0.5) is 8.78 Å². The van der Waals surface area contributed by atoms with Crippen LogP contribution in [0.15, 0.2) is 72.8 Å². The highest BCUT2D eigenvalue weighted by Crippen LogP contribution is 2.62. The highest BCUT2D eigenvalue weighted by molar-refractivity contribution is 5.98.